The van der Waals surface area contributed by atoms with Crippen LogP contribution in [0.1, 0.15) is 0 Å². The quantitative estimate of drug-likeness (QED) is 0.567. The van der Waals surface area contributed by atoms with E-state index in [9.17, 15) is 9.90 Å². The number of thioether (sulfide) groups is 1. The third kappa shape index (κ3) is 5.79. The first kappa shape index (κ1) is 14.7. The summed E-state index contributed by atoms with van der Waals surface area (Å²) >= 11 is 1.30. The topological polar surface area (TPSA) is 81.8 Å². The van der Waals surface area contributed by atoms with E-state index in [2.05, 4.69) is 4.74 Å². The number of rotatable bonds is 7. The maximum absolute atomic E-state index is 10.8. The number of benzene rings is 1. The Labute approximate surface area is 110 Å². The van der Waals surface area contributed by atoms with Crippen molar-refractivity contribution in [3.8, 4) is 5.75 Å². The molecule has 6 heteroatoms. The van der Waals surface area contributed by atoms with Crippen molar-refractivity contribution in [3.05, 3.63) is 24.3 Å². The lowest BCUT2D eigenvalue weighted by Gasteiger charge is -2.12. The van der Waals surface area contributed by atoms with Crippen LogP contribution in [0.4, 0.5) is 5.69 Å². The number of esters is 1. The molecular weight excluding hydrogens is 254 g/mol. The zero-order valence-electron chi connectivity index (χ0n) is 10.2. The van der Waals surface area contributed by atoms with Gasteiger partial charge in [0.15, 0.2) is 0 Å². The van der Waals surface area contributed by atoms with Crippen molar-refractivity contribution in [1.82, 2.24) is 0 Å². The molecule has 0 aromatic heterocycles. The van der Waals surface area contributed by atoms with Gasteiger partial charge in [-0.2, -0.15) is 0 Å². The minimum atomic E-state index is -0.638. The fourth-order valence-electron chi connectivity index (χ4n) is 1.18. The molecule has 0 spiro atoms. The first-order chi connectivity index (χ1) is 8.61. The van der Waals surface area contributed by atoms with Crippen LogP contribution in [-0.4, -0.2) is 42.4 Å². The number of ether oxygens (including phenoxy) is 2. The summed E-state index contributed by atoms with van der Waals surface area (Å²) in [6, 6.07) is 7.00. The lowest BCUT2D eigenvalue weighted by molar-refractivity contribution is -0.137. The van der Waals surface area contributed by atoms with Crippen molar-refractivity contribution >= 4 is 23.4 Å². The summed E-state index contributed by atoms with van der Waals surface area (Å²) in [5.74, 6) is 0.958. The number of hydrogen-bond acceptors (Lipinski definition) is 6. The number of nitrogens with two attached hydrogens (primary N) is 1. The highest BCUT2D eigenvalue weighted by atomic mass is 32.2. The van der Waals surface area contributed by atoms with Crippen LogP contribution in [0.5, 0.6) is 5.75 Å². The van der Waals surface area contributed by atoms with E-state index in [1.165, 1.54) is 18.9 Å². The molecule has 5 nitrogen and oxygen atoms in total. The summed E-state index contributed by atoms with van der Waals surface area (Å²) in [5, 5.41) is 9.64. The van der Waals surface area contributed by atoms with Crippen molar-refractivity contribution in [1.29, 1.82) is 0 Å². The van der Waals surface area contributed by atoms with E-state index in [-0.39, 0.29) is 18.3 Å². The Hall–Kier alpha value is -1.40. The molecule has 0 aliphatic heterocycles. The SMILES string of the molecule is COC(=O)CSCC(O)COc1cccc(N)c1. The fraction of sp³-hybridized carbons (Fsp3) is 0.417. The minimum absolute atomic E-state index is 0.164. The van der Waals surface area contributed by atoms with Gasteiger partial charge in [0, 0.05) is 17.5 Å². The number of aliphatic hydroxyl groups is 1. The lowest BCUT2D eigenvalue weighted by Crippen LogP contribution is -2.21. The van der Waals surface area contributed by atoms with Crippen LogP contribution in [0.15, 0.2) is 24.3 Å². The smallest absolute Gasteiger partial charge is 0.315 e. The zero-order chi connectivity index (χ0) is 13.4. The number of carbonyl (C=O) groups is 1. The molecule has 100 valence electrons. The molecule has 0 bridgehead atoms. The molecule has 1 atom stereocenters. The summed E-state index contributed by atoms with van der Waals surface area (Å²) in [4.78, 5) is 10.8. The van der Waals surface area contributed by atoms with Crippen LogP contribution in [0, 0.1) is 0 Å². The lowest BCUT2D eigenvalue weighted by atomic mass is 10.3. The number of anilines is 1. The molecular formula is C12H17NO4S. The van der Waals surface area contributed by atoms with Gasteiger partial charge in [0.05, 0.1) is 19.0 Å². The Morgan fingerprint density at radius 3 is 3.00 bits per heavy atom. The Kier molecular flexibility index (Phi) is 6.38. The molecule has 0 aliphatic carbocycles. The largest absolute Gasteiger partial charge is 0.491 e. The van der Waals surface area contributed by atoms with Gasteiger partial charge in [-0.3, -0.25) is 4.79 Å². The van der Waals surface area contributed by atoms with E-state index in [4.69, 9.17) is 10.5 Å². The second-order valence-electron chi connectivity index (χ2n) is 3.63. The van der Waals surface area contributed by atoms with Gasteiger partial charge in [-0.15, -0.1) is 11.8 Å². The number of aliphatic hydroxyl groups excluding tert-OH is 1. The maximum atomic E-state index is 10.8. The van der Waals surface area contributed by atoms with E-state index in [1.807, 2.05) is 0 Å². The van der Waals surface area contributed by atoms with Gasteiger partial charge in [0.1, 0.15) is 12.4 Å². The second kappa shape index (κ2) is 7.84. The van der Waals surface area contributed by atoms with E-state index in [0.717, 1.165) is 0 Å². The van der Waals surface area contributed by atoms with Crippen LogP contribution in [0.25, 0.3) is 0 Å². The summed E-state index contributed by atoms with van der Waals surface area (Å²) in [6.45, 7) is 0.164. The summed E-state index contributed by atoms with van der Waals surface area (Å²) in [6.07, 6.45) is -0.638. The minimum Gasteiger partial charge on any atom is -0.491 e. The van der Waals surface area contributed by atoms with Crippen molar-refractivity contribution in [2.45, 2.75) is 6.10 Å². The van der Waals surface area contributed by atoms with Gasteiger partial charge >= 0.3 is 5.97 Å². The van der Waals surface area contributed by atoms with Gasteiger partial charge in [-0.05, 0) is 12.1 Å². The van der Waals surface area contributed by atoms with Crippen LogP contribution in [0.2, 0.25) is 0 Å². The first-order valence-electron chi connectivity index (χ1n) is 5.42. The van der Waals surface area contributed by atoms with E-state index >= 15 is 0 Å². The molecule has 1 unspecified atom stereocenters. The molecule has 1 aromatic rings. The highest BCUT2D eigenvalue weighted by Gasteiger charge is 2.08. The Balaban J connectivity index is 2.20. The zero-order valence-corrected chi connectivity index (χ0v) is 11.0. The standard InChI is InChI=1S/C12H17NO4S/c1-16-12(15)8-18-7-10(14)6-17-11-4-2-3-9(13)5-11/h2-5,10,14H,6-8,13H2,1H3. The molecule has 1 rings (SSSR count). The molecule has 0 saturated carbocycles. The molecule has 1 aromatic carbocycles. The molecule has 0 saturated heterocycles. The Morgan fingerprint density at radius 2 is 2.33 bits per heavy atom. The van der Waals surface area contributed by atoms with Gasteiger partial charge in [-0.1, -0.05) is 6.07 Å². The third-order valence-electron chi connectivity index (χ3n) is 2.06. The van der Waals surface area contributed by atoms with E-state index in [1.54, 1.807) is 24.3 Å². The summed E-state index contributed by atoms with van der Waals surface area (Å²) in [7, 11) is 1.34. The van der Waals surface area contributed by atoms with Crippen molar-refractivity contribution in [2.75, 3.05) is 31.0 Å². The number of methoxy groups -OCH3 is 1. The predicted molar refractivity (Wildman–Crippen MR) is 71.7 cm³/mol. The van der Waals surface area contributed by atoms with Crippen LogP contribution < -0.4 is 10.5 Å². The van der Waals surface area contributed by atoms with Crippen molar-refractivity contribution in [2.24, 2.45) is 0 Å². The highest BCUT2D eigenvalue weighted by molar-refractivity contribution is 7.99. The highest BCUT2D eigenvalue weighted by Crippen LogP contribution is 2.15. The third-order valence-corrected chi connectivity index (χ3v) is 3.12. The van der Waals surface area contributed by atoms with Gasteiger partial charge in [0.25, 0.3) is 0 Å². The number of hydrogen-bond donors (Lipinski definition) is 2. The molecule has 3 N–H and O–H groups in total. The summed E-state index contributed by atoms with van der Waals surface area (Å²) < 4.78 is 9.86. The fourth-order valence-corrected chi connectivity index (χ4v) is 1.95. The molecule has 0 amide bonds. The van der Waals surface area contributed by atoms with E-state index < -0.39 is 6.10 Å². The van der Waals surface area contributed by atoms with E-state index in [0.29, 0.717) is 17.2 Å². The molecule has 18 heavy (non-hydrogen) atoms. The monoisotopic (exact) mass is 271 g/mol. The molecule has 0 radical (unpaired) electrons. The van der Waals surface area contributed by atoms with Gasteiger partial charge in [-0.25, -0.2) is 0 Å². The Morgan fingerprint density at radius 1 is 1.56 bits per heavy atom. The van der Waals surface area contributed by atoms with Crippen LogP contribution >= 0.6 is 11.8 Å². The van der Waals surface area contributed by atoms with Crippen LogP contribution in [0.3, 0.4) is 0 Å². The second-order valence-corrected chi connectivity index (χ2v) is 4.66. The predicted octanol–water partition coefficient (Wildman–Crippen LogP) is 0.915. The average Bonchev–Trinajstić information content (AvgIpc) is 2.36. The first-order valence-corrected chi connectivity index (χ1v) is 6.58. The molecule has 0 aliphatic rings. The van der Waals surface area contributed by atoms with Gasteiger partial charge < -0.3 is 20.3 Å². The maximum Gasteiger partial charge on any atom is 0.315 e. The van der Waals surface area contributed by atoms with Crippen molar-refractivity contribution < 1.29 is 19.4 Å². The van der Waals surface area contributed by atoms with Crippen LogP contribution in [-0.2, 0) is 9.53 Å². The molecule has 0 fully saturated rings. The summed E-state index contributed by atoms with van der Waals surface area (Å²) in [5.41, 5.74) is 6.21. The van der Waals surface area contributed by atoms with Gasteiger partial charge in [0.2, 0.25) is 0 Å². The molecule has 0 heterocycles. The van der Waals surface area contributed by atoms with Crippen molar-refractivity contribution in [3.63, 3.8) is 0 Å². The Bertz CT molecular complexity index is 386. The normalized spacial score (nSPS) is 11.9. The number of nitrogen functional groups attached to an aromatic ring is 1. The average molecular weight is 271 g/mol. The number of carbonyl (C=O) groups excluding carboxylic acids is 1.